The van der Waals surface area contributed by atoms with E-state index < -0.39 is 0 Å². The summed E-state index contributed by atoms with van der Waals surface area (Å²) in [7, 11) is 0. The van der Waals surface area contributed by atoms with Gasteiger partial charge in [-0.2, -0.15) is 5.10 Å². The minimum atomic E-state index is -0.0844. The Morgan fingerprint density at radius 2 is 1.69 bits per heavy atom. The molecule has 2 fully saturated rings. The van der Waals surface area contributed by atoms with Crippen LogP contribution in [0, 0.1) is 12.8 Å². The van der Waals surface area contributed by atoms with E-state index in [2.05, 4.69) is 5.10 Å². The largest absolute Gasteiger partial charge is 0.342 e. The highest BCUT2D eigenvalue weighted by molar-refractivity contribution is 6.33. The topological polar surface area (TPSA) is 58.4 Å². The lowest BCUT2D eigenvalue weighted by atomic mass is 9.95. The first-order valence-electron chi connectivity index (χ1n) is 10.4. The van der Waals surface area contributed by atoms with Crippen molar-refractivity contribution in [2.24, 2.45) is 5.92 Å². The van der Waals surface area contributed by atoms with E-state index in [1.165, 1.54) is 0 Å². The fraction of sp³-hybridized carbons (Fsp3) is 0.500. The highest BCUT2D eigenvalue weighted by Crippen LogP contribution is 2.27. The quantitative estimate of drug-likeness (QED) is 0.770. The van der Waals surface area contributed by atoms with Crippen LogP contribution < -0.4 is 0 Å². The monoisotopic (exact) mass is 414 g/mol. The van der Waals surface area contributed by atoms with E-state index in [0.29, 0.717) is 36.0 Å². The van der Waals surface area contributed by atoms with Crippen molar-refractivity contribution in [2.75, 3.05) is 26.2 Å². The molecule has 2 amide bonds. The molecule has 29 heavy (non-hydrogen) atoms. The number of aryl methyl sites for hydroxylation is 1. The molecule has 0 atom stereocenters. The molecule has 2 saturated heterocycles. The van der Waals surface area contributed by atoms with Crippen molar-refractivity contribution in [1.82, 2.24) is 19.6 Å². The molecule has 2 aromatic rings. The molecular weight excluding hydrogens is 388 g/mol. The maximum atomic E-state index is 13.1. The van der Waals surface area contributed by atoms with Gasteiger partial charge in [-0.1, -0.05) is 41.9 Å². The lowest BCUT2D eigenvalue weighted by molar-refractivity contribution is -0.135. The van der Waals surface area contributed by atoms with Gasteiger partial charge in [-0.25, -0.2) is 4.68 Å². The molecule has 2 aliphatic rings. The number of amides is 2. The van der Waals surface area contributed by atoms with Gasteiger partial charge in [-0.15, -0.1) is 0 Å². The van der Waals surface area contributed by atoms with Crippen molar-refractivity contribution in [2.45, 2.75) is 39.2 Å². The third-order valence-corrected chi connectivity index (χ3v) is 6.39. The molecule has 4 rings (SSSR count). The number of aromatic nitrogens is 2. The molecule has 0 unspecified atom stereocenters. The number of rotatable bonds is 4. The zero-order valence-corrected chi connectivity index (χ0v) is 17.6. The minimum Gasteiger partial charge on any atom is -0.342 e. The van der Waals surface area contributed by atoms with Crippen LogP contribution >= 0.6 is 11.6 Å². The summed E-state index contributed by atoms with van der Waals surface area (Å²) in [6.45, 7) is 5.29. The fourth-order valence-corrected chi connectivity index (χ4v) is 4.66. The molecule has 0 aliphatic carbocycles. The van der Waals surface area contributed by atoms with Crippen LogP contribution in [0.4, 0.5) is 0 Å². The maximum Gasteiger partial charge on any atom is 0.258 e. The van der Waals surface area contributed by atoms with Gasteiger partial charge in [0.2, 0.25) is 5.91 Å². The van der Waals surface area contributed by atoms with Crippen LogP contribution in [-0.4, -0.2) is 57.6 Å². The lowest BCUT2D eigenvalue weighted by Crippen LogP contribution is -2.43. The summed E-state index contributed by atoms with van der Waals surface area (Å²) in [4.78, 5) is 29.6. The Bertz CT molecular complexity index is 882. The second-order valence-electron chi connectivity index (χ2n) is 7.99. The number of hydrogen-bond donors (Lipinski definition) is 0. The summed E-state index contributed by atoms with van der Waals surface area (Å²) < 4.78 is 1.68. The number of likely N-dealkylation sites (tertiary alicyclic amines) is 2. The number of halogens is 1. The number of nitrogens with zero attached hydrogens (tertiary/aromatic N) is 4. The van der Waals surface area contributed by atoms with Crippen molar-refractivity contribution in [3.05, 3.63) is 52.3 Å². The van der Waals surface area contributed by atoms with Gasteiger partial charge in [0.25, 0.3) is 5.91 Å². The van der Waals surface area contributed by atoms with E-state index in [4.69, 9.17) is 11.6 Å². The second kappa shape index (κ2) is 8.57. The van der Waals surface area contributed by atoms with Gasteiger partial charge in [0, 0.05) is 32.1 Å². The summed E-state index contributed by atoms with van der Waals surface area (Å²) in [6.07, 6.45) is 3.65. The molecule has 0 radical (unpaired) electrons. The molecule has 1 aromatic heterocycles. The van der Waals surface area contributed by atoms with Crippen LogP contribution in [0.1, 0.15) is 47.3 Å². The fourth-order valence-electron chi connectivity index (χ4n) is 4.34. The second-order valence-corrected chi connectivity index (χ2v) is 8.35. The van der Waals surface area contributed by atoms with Crippen LogP contribution in [0.15, 0.2) is 30.3 Å². The van der Waals surface area contributed by atoms with Crippen molar-refractivity contribution in [3.8, 4) is 0 Å². The Labute approximate surface area is 176 Å². The SMILES string of the molecule is Cc1nn(Cc2ccccc2)c(Cl)c1C(=O)N1CCC(C(=O)N2CCCC2)CC1. The standard InChI is InChI=1S/C22H27ClN4O2/c1-16-19(20(23)27(24-16)15-17-7-3-2-4-8-17)22(29)26-13-9-18(10-14-26)21(28)25-11-5-6-12-25/h2-4,7-8,18H,5-6,9-15H2,1H3. The Hall–Kier alpha value is -2.34. The molecule has 7 heteroatoms. The van der Waals surface area contributed by atoms with Gasteiger partial charge in [0.05, 0.1) is 17.8 Å². The lowest BCUT2D eigenvalue weighted by Gasteiger charge is -2.33. The minimum absolute atomic E-state index is 0.0366. The van der Waals surface area contributed by atoms with Crippen molar-refractivity contribution >= 4 is 23.4 Å². The van der Waals surface area contributed by atoms with E-state index in [-0.39, 0.29) is 17.7 Å². The molecule has 0 N–H and O–H groups in total. The molecule has 6 nitrogen and oxygen atoms in total. The summed E-state index contributed by atoms with van der Waals surface area (Å²) in [5.41, 5.74) is 2.20. The smallest absolute Gasteiger partial charge is 0.258 e. The first-order chi connectivity index (χ1) is 14.0. The maximum absolute atomic E-state index is 13.1. The number of hydrogen-bond acceptors (Lipinski definition) is 3. The normalized spacial score (nSPS) is 17.7. The van der Waals surface area contributed by atoms with Crippen LogP contribution in [0.3, 0.4) is 0 Å². The summed E-state index contributed by atoms with van der Waals surface area (Å²) in [6, 6.07) is 9.93. The van der Waals surface area contributed by atoms with Gasteiger partial charge >= 0.3 is 0 Å². The molecule has 3 heterocycles. The van der Waals surface area contributed by atoms with E-state index in [1.807, 2.05) is 47.1 Å². The number of carbonyl (C=O) groups is 2. The predicted octanol–water partition coefficient (Wildman–Crippen LogP) is 3.37. The van der Waals surface area contributed by atoms with Crippen LogP contribution in [-0.2, 0) is 11.3 Å². The van der Waals surface area contributed by atoms with Crippen molar-refractivity contribution < 1.29 is 9.59 Å². The zero-order chi connectivity index (χ0) is 20.4. The predicted molar refractivity (Wildman–Crippen MR) is 112 cm³/mol. The average Bonchev–Trinajstić information content (AvgIpc) is 3.37. The third-order valence-electron chi connectivity index (χ3n) is 6.00. The van der Waals surface area contributed by atoms with Gasteiger partial charge in [-0.05, 0) is 38.2 Å². The Morgan fingerprint density at radius 1 is 1.03 bits per heavy atom. The zero-order valence-electron chi connectivity index (χ0n) is 16.8. The van der Waals surface area contributed by atoms with Crippen LogP contribution in [0.5, 0.6) is 0 Å². The van der Waals surface area contributed by atoms with Gasteiger partial charge in [-0.3, -0.25) is 9.59 Å². The van der Waals surface area contributed by atoms with Crippen LogP contribution in [0.25, 0.3) is 0 Å². The van der Waals surface area contributed by atoms with E-state index in [1.54, 1.807) is 4.68 Å². The molecule has 1 aromatic carbocycles. The van der Waals surface area contributed by atoms with E-state index in [9.17, 15) is 9.59 Å². The van der Waals surface area contributed by atoms with Gasteiger partial charge < -0.3 is 9.80 Å². The number of piperidine rings is 1. The van der Waals surface area contributed by atoms with Gasteiger partial charge in [0.15, 0.2) is 0 Å². The van der Waals surface area contributed by atoms with E-state index in [0.717, 1.165) is 44.3 Å². The van der Waals surface area contributed by atoms with Crippen LogP contribution in [0.2, 0.25) is 5.15 Å². The molecule has 0 saturated carbocycles. The highest BCUT2D eigenvalue weighted by Gasteiger charge is 2.33. The molecule has 0 bridgehead atoms. The summed E-state index contributed by atoms with van der Waals surface area (Å²) in [5, 5.41) is 4.87. The molecule has 2 aliphatic heterocycles. The van der Waals surface area contributed by atoms with Crippen molar-refractivity contribution in [3.63, 3.8) is 0 Å². The number of benzene rings is 1. The Kier molecular flexibility index (Phi) is 5.90. The number of carbonyl (C=O) groups excluding carboxylic acids is 2. The summed E-state index contributed by atoms with van der Waals surface area (Å²) >= 11 is 6.55. The Balaban J connectivity index is 1.42. The van der Waals surface area contributed by atoms with Crippen molar-refractivity contribution in [1.29, 1.82) is 0 Å². The van der Waals surface area contributed by atoms with Gasteiger partial charge in [0.1, 0.15) is 5.15 Å². The van der Waals surface area contributed by atoms with E-state index >= 15 is 0 Å². The Morgan fingerprint density at radius 3 is 2.34 bits per heavy atom. The molecule has 154 valence electrons. The average molecular weight is 415 g/mol. The molecular formula is C22H27ClN4O2. The first kappa shape index (κ1) is 20.0. The highest BCUT2D eigenvalue weighted by atomic mass is 35.5. The molecule has 0 spiro atoms. The summed E-state index contributed by atoms with van der Waals surface area (Å²) in [5.74, 6) is 0.216. The first-order valence-corrected chi connectivity index (χ1v) is 10.8. The third kappa shape index (κ3) is 4.17.